The van der Waals surface area contributed by atoms with Crippen molar-refractivity contribution in [3.63, 3.8) is 0 Å². The zero-order valence-corrected chi connectivity index (χ0v) is 24.3. The fourth-order valence-electron chi connectivity index (χ4n) is 3.56. The van der Waals surface area contributed by atoms with E-state index in [0.29, 0.717) is 28.1 Å². The smallest absolute Gasteiger partial charge is 0.247 e. The summed E-state index contributed by atoms with van der Waals surface area (Å²) in [5.41, 5.74) is 3.31. The number of nitriles is 1. The lowest BCUT2D eigenvalue weighted by molar-refractivity contribution is -0.114. The zero-order valence-electron chi connectivity index (χ0n) is 22.6. The van der Waals surface area contributed by atoms with E-state index in [-0.39, 0.29) is 17.0 Å². The molecule has 8 nitrogen and oxygen atoms in total. The van der Waals surface area contributed by atoms with Gasteiger partial charge in [0.25, 0.3) is 0 Å². The lowest BCUT2D eigenvalue weighted by Crippen LogP contribution is -2.45. The highest BCUT2D eigenvalue weighted by atomic mass is 35.5. The number of halogens is 1. The lowest BCUT2D eigenvalue weighted by atomic mass is 10.1. The Morgan fingerprint density at radius 3 is 2.38 bits per heavy atom. The van der Waals surface area contributed by atoms with Crippen LogP contribution < -0.4 is 10.6 Å². The summed E-state index contributed by atoms with van der Waals surface area (Å²) in [5, 5.41) is 24.6. The van der Waals surface area contributed by atoms with Gasteiger partial charge in [0, 0.05) is 23.9 Å². The van der Waals surface area contributed by atoms with Crippen LogP contribution in [0.3, 0.4) is 0 Å². The van der Waals surface area contributed by atoms with E-state index in [0.717, 1.165) is 16.8 Å². The van der Waals surface area contributed by atoms with Crippen molar-refractivity contribution in [2.24, 2.45) is 0 Å². The molecule has 0 spiro atoms. The Morgan fingerprint density at radius 1 is 1.16 bits per heavy atom. The predicted octanol–water partition coefficient (Wildman–Crippen LogP) is 7.09. The Hall–Kier alpha value is -3.19. The van der Waals surface area contributed by atoms with Crippen LogP contribution in [0.2, 0.25) is 23.2 Å². The Balaban J connectivity index is 1.97. The molecule has 2 N–H and O–H groups in total. The number of aromatic nitrogens is 2. The number of hydrogen-bond donors (Lipinski definition) is 2. The average molecular weight is 540 g/mol. The molecule has 0 aliphatic rings. The van der Waals surface area contributed by atoms with Crippen molar-refractivity contribution in [3.8, 4) is 17.5 Å². The predicted molar refractivity (Wildman–Crippen MR) is 149 cm³/mol. The van der Waals surface area contributed by atoms with Gasteiger partial charge in [0.05, 0.1) is 16.7 Å². The minimum absolute atomic E-state index is 0.00906. The fourth-order valence-corrected chi connectivity index (χ4v) is 5.19. The molecule has 0 radical (unpaired) electrons. The van der Waals surface area contributed by atoms with E-state index in [1.165, 1.54) is 6.92 Å². The van der Waals surface area contributed by atoms with E-state index in [4.69, 9.17) is 20.4 Å². The minimum Gasteiger partial charge on any atom is -0.418 e. The van der Waals surface area contributed by atoms with Crippen molar-refractivity contribution >= 4 is 37.2 Å². The number of hydrogen-bond acceptors (Lipinski definition) is 7. The topological polar surface area (TPSA) is 113 Å². The average Bonchev–Trinajstić information content (AvgIpc) is 3.29. The molecule has 37 heavy (non-hydrogen) atoms. The standard InChI is InChI=1S/C27H34ClN5O3Si/c1-16-22(14-11-20(15-29)23(16)28)31-24(17(2)36-37(7,8)27(4,5)6)26-33-32-25(35-26)19-9-12-21(13-10-19)30-18(3)34/h9-14,17,24,31H,1-8H3,(H,30,34). The number of nitrogens with zero attached hydrogens (tertiary/aromatic N) is 3. The number of benzene rings is 2. The summed E-state index contributed by atoms with van der Waals surface area (Å²) >= 11 is 6.44. The molecule has 0 bridgehead atoms. The van der Waals surface area contributed by atoms with Crippen LogP contribution in [0, 0.1) is 18.3 Å². The largest absolute Gasteiger partial charge is 0.418 e. The molecular formula is C27H34ClN5O3Si. The van der Waals surface area contributed by atoms with Gasteiger partial charge >= 0.3 is 0 Å². The highest BCUT2D eigenvalue weighted by Crippen LogP contribution is 2.40. The molecule has 1 amide bonds. The van der Waals surface area contributed by atoms with Crippen molar-refractivity contribution in [1.29, 1.82) is 5.26 Å². The van der Waals surface area contributed by atoms with Crippen LogP contribution in [0.4, 0.5) is 11.4 Å². The minimum atomic E-state index is -2.13. The normalized spacial score (nSPS) is 13.5. The van der Waals surface area contributed by atoms with Crippen molar-refractivity contribution in [3.05, 3.63) is 58.4 Å². The number of anilines is 2. The zero-order chi connectivity index (χ0) is 27.5. The van der Waals surface area contributed by atoms with Crippen LogP contribution in [0.25, 0.3) is 11.5 Å². The molecule has 0 saturated heterocycles. The van der Waals surface area contributed by atoms with Crippen LogP contribution in [0.15, 0.2) is 40.8 Å². The van der Waals surface area contributed by atoms with Crippen LogP contribution >= 0.6 is 11.6 Å². The van der Waals surface area contributed by atoms with Gasteiger partial charge in [-0.05, 0) is 73.9 Å². The van der Waals surface area contributed by atoms with Gasteiger partial charge in [-0.1, -0.05) is 32.4 Å². The van der Waals surface area contributed by atoms with Crippen LogP contribution in [-0.2, 0) is 9.22 Å². The third-order valence-electron chi connectivity index (χ3n) is 6.73. The summed E-state index contributed by atoms with van der Waals surface area (Å²) in [5.74, 6) is 0.577. The van der Waals surface area contributed by atoms with Gasteiger partial charge in [0.15, 0.2) is 8.32 Å². The Labute approximate surface area is 224 Å². The van der Waals surface area contributed by atoms with E-state index < -0.39 is 14.4 Å². The van der Waals surface area contributed by atoms with Crippen molar-refractivity contribution in [2.45, 2.75) is 71.8 Å². The quantitative estimate of drug-likeness (QED) is 0.293. The molecule has 0 aliphatic heterocycles. The molecule has 2 aromatic carbocycles. The molecule has 3 aromatic rings. The first-order chi connectivity index (χ1) is 17.2. The van der Waals surface area contributed by atoms with Crippen molar-refractivity contribution < 1.29 is 13.6 Å². The molecule has 196 valence electrons. The molecule has 10 heteroatoms. The van der Waals surface area contributed by atoms with E-state index in [9.17, 15) is 10.1 Å². The van der Waals surface area contributed by atoms with Gasteiger partial charge in [-0.25, -0.2) is 0 Å². The molecule has 0 fully saturated rings. The number of amides is 1. The summed E-state index contributed by atoms with van der Waals surface area (Å²) in [6.45, 7) is 16.3. The second kappa shape index (κ2) is 11.0. The maximum atomic E-state index is 11.3. The molecular weight excluding hydrogens is 506 g/mol. The summed E-state index contributed by atoms with van der Waals surface area (Å²) in [6.07, 6.45) is -0.315. The van der Waals surface area contributed by atoms with Gasteiger partial charge in [0.1, 0.15) is 12.1 Å². The molecule has 2 unspecified atom stereocenters. The van der Waals surface area contributed by atoms with Gasteiger partial charge in [-0.2, -0.15) is 5.26 Å². The monoisotopic (exact) mass is 539 g/mol. The highest BCUT2D eigenvalue weighted by Gasteiger charge is 2.41. The van der Waals surface area contributed by atoms with Crippen LogP contribution in [0.1, 0.15) is 57.7 Å². The van der Waals surface area contributed by atoms with Crippen molar-refractivity contribution in [1.82, 2.24) is 10.2 Å². The molecule has 1 heterocycles. The molecule has 2 atom stereocenters. The van der Waals surface area contributed by atoms with Gasteiger partial charge < -0.3 is 19.5 Å². The number of carbonyl (C=O) groups is 1. The number of rotatable bonds is 8. The van der Waals surface area contributed by atoms with E-state index >= 15 is 0 Å². The van der Waals surface area contributed by atoms with E-state index in [1.807, 2.05) is 32.0 Å². The van der Waals surface area contributed by atoms with E-state index in [1.54, 1.807) is 18.2 Å². The fraction of sp³-hybridized carbons (Fsp3) is 0.407. The summed E-state index contributed by atoms with van der Waals surface area (Å²) in [7, 11) is -2.13. The van der Waals surface area contributed by atoms with Gasteiger partial charge in [-0.3, -0.25) is 4.79 Å². The molecule has 1 aromatic heterocycles. The molecule has 0 aliphatic carbocycles. The second-order valence-electron chi connectivity index (χ2n) is 10.6. The molecule has 3 rings (SSSR count). The lowest BCUT2D eigenvalue weighted by Gasteiger charge is -2.40. The maximum Gasteiger partial charge on any atom is 0.247 e. The van der Waals surface area contributed by atoms with Crippen LogP contribution in [-0.4, -0.2) is 30.5 Å². The van der Waals surface area contributed by atoms with Crippen molar-refractivity contribution in [2.75, 3.05) is 10.6 Å². The highest BCUT2D eigenvalue weighted by molar-refractivity contribution is 6.74. The summed E-state index contributed by atoms with van der Waals surface area (Å²) in [4.78, 5) is 11.3. The maximum absolute atomic E-state index is 11.3. The Morgan fingerprint density at radius 2 is 1.81 bits per heavy atom. The Kier molecular flexibility index (Phi) is 8.47. The van der Waals surface area contributed by atoms with Gasteiger partial charge in [0.2, 0.25) is 17.7 Å². The second-order valence-corrected chi connectivity index (χ2v) is 15.8. The Bertz CT molecular complexity index is 1310. The summed E-state index contributed by atoms with van der Waals surface area (Å²) < 4.78 is 12.8. The first-order valence-corrected chi connectivity index (χ1v) is 15.4. The van der Waals surface area contributed by atoms with Crippen LogP contribution in [0.5, 0.6) is 0 Å². The first kappa shape index (κ1) is 28.4. The number of nitrogens with one attached hydrogen (secondary N) is 2. The van der Waals surface area contributed by atoms with E-state index in [2.05, 4.69) is 60.8 Å². The third-order valence-corrected chi connectivity index (χ3v) is 11.8. The third kappa shape index (κ3) is 6.58. The molecule has 0 saturated carbocycles. The SMILES string of the molecule is CC(=O)Nc1ccc(-c2nnc(C(Nc3ccc(C#N)c(Cl)c3C)C(C)O[Si](C)(C)C(C)(C)C)o2)cc1. The first-order valence-electron chi connectivity index (χ1n) is 12.1. The summed E-state index contributed by atoms with van der Waals surface area (Å²) in [6, 6.07) is 12.3. The van der Waals surface area contributed by atoms with Gasteiger partial charge in [-0.15, -0.1) is 10.2 Å². The number of carbonyl (C=O) groups excluding carboxylic acids is 1.